The van der Waals surface area contributed by atoms with Crippen LogP contribution in [0.5, 0.6) is 5.75 Å². The summed E-state index contributed by atoms with van der Waals surface area (Å²) in [5, 5.41) is 3.34. The summed E-state index contributed by atoms with van der Waals surface area (Å²) in [7, 11) is 0. The second-order valence-electron chi connectivity index (χ2n) is 8.29. The van der Waals surface area contributed by atoms with Crippen LogP contribution in [0.15, 0.2) is 113 Å². The van der Waals surface area contributed by atoms with Gasteiger partial charge in [-0.3, -0.25) is 14.2 Å². The van der Waals surface area contributed by atoms with Gasteiger partial charge < -0.3 is 10.1 Å². The molecule has 0 bridgehead atoms. The summed E-state index contributed by atoms with van der Waals surface area (Å²) in [5.74, 6) is 0.431. The van der Waals surface area contributed by atoms with Crippen molar-refractivity contribution in [3.05, 3.63) is 135 Å². The molecule has 0 aliphatic carbocycles. The molecule has 4 aromatic carbocycles. The van der Waals surface area contributed by atoms with E-state index in [1.54, 1.807) is 34.9 Å². The smallest absolute Gasteiger partial charge is 0.261 e. The lowest BCUT2D eigenvalue weighted by Gasteiger charge is -2.10. The van der Waals surface area contributed by atoms with Crippen molar-refractivity contribution in [2.45, 2.75) is 13.2 Å². The highest BCUT2D eigenvalue weighted by atomic mass is 79.9. The quantitative estimate of drug-likeness (QED) is 0.273. The Morgan fingerprint density at radius 1 is 0.889 bits per heavy atom. The molecule has 1 N–H and O–H groups in total. The van der Waals surface area contributed by atoms with Crippen LogP contribution >= 0.6 is 15.9 Å². The highest BCUT2D eigenvalue weighted by Crippen LogP contribution is 2.19. The molecule has 6 nitrogen and oxygen atoms in total. The number of hydrogen-bond acceptors (Lipinski definition) is 4. The third-order valence-electron chi connectivity index (χ3n) is 5.69. The number of nitrogens with one attached hydrogen (secondary N) is 1. The van der Waals surface area contributed by atoms with Crippen LogP contribution in [0.4, 0.5) is 5.69 Å². The number of rotatable bonds is 7. The third kappa shape index (κ3) is 5.53. The molecule has 5 aromatic rings. The highest BCUT2D eigenvalue weighted by molar-refractivity contribution is 9.10. The number of hydrogen-bond donors (Lipinski definition) is 1. The molecule has 0 fully saturated rings. The summed E-state index contributed by atoms with van der Waals surface area (Å²) in [6, 6.07) is 29.8. The molecule has 0 saturated carbocycles. The topological polar surface area (TPSA) is 73.2 Å². The van der Waals surface area contributed by atoms with Crippen LogP contribution < -0.4 is 15.6 Å². The summed E-state index contributed by atoms with van der Waals surface area (Å²) < 4.78 is 8.31. The number of aromatic nitrogens is 2. The monoisotopic (exact) mass is 539 g/mol. The Morgan fingerprint density at radius 3 is 2.44 bits per heavy atom. The Bertz CT molecular complexity index is 1580. The molecule has 0 aliphatic rings. The first-order chi connectivity index (χ1) is 17.5. The zero-order valence-corrected chi connectivity index (χ0v) is 20.8. The summed E-state index contributed by atoms with van der Waals surface area (Å²) in [6.45, 7) is 0.885. The minimum Gasteiger partial charge on any atom is -0.489 e. The molecule has 7 heteroatoms. The van der Waals surface area contributed by atoms with E-state index in [0.29, 0.717) is 41.1 Å². The maximum atomic E-state index is 13.0. The summed E-state index contributed by atoms with van der Waals surface area (Å²) in [4.78, 5) is 30.2. The van der Waals surface area contributed by atoms with Crippen molar-refractivity contribution < 1.29 is 9.53 Å². The number of nitrogens with zero attached hydrogens (tertiary/aromatic N) is 2. The lowest BCUT2D eigenvalue weighted by atomic mass is 10.1. The number of amides is 1. The zero-order valence-electron chi connectivity index (χ0n) is 19.2. The summed E-state index contributed by atoms with van der Waals surface area (Å²) in [6.07, 6.45) is 1.52. The van der Waals surface area contributed by atoms with E-state index in [2.05, 4.69) is 26.2 Å². The van der Waals surface area contributed by atoms with E-state index >= 15 is 0 Å². The zero-order chi connectivity index (χ0) is 24.9. The second kappa shape index (κ2) is 10.6. The maximum Gasteiger partial charge on any atom is 0.261 e. The Balaban J connectivity index is 1.26. The molecule has 0 radical (unpaired) electrons. The fraction of sp³-hybridized carbons (Fsp3) is 0.0690. The molecule has 0 saturated heterocycles. The number of carbonyl (C=O) groups is 1. The van der Waals surface area contributed by atoms with Gasteiger partial charge in [-0.15, -0.1) is 0 Å². The predicted molar refractivity (Wildman–Crippen MR) is 144 cm³/mol. The lowest BCUT2D eigenvalue weighted by molar-refractivity contribution is 0.102. The second-order valence-corrected chi connectivity index (χ2v) is 9.21. The van der Waals surface area contributed by atoms with Crippen LogP contribution in [0.3, 0.4) is 0 Å². The van der Waals surface area contributed by atoms with Gasteiger partial charge in [-0.05, 0) is 65.7 Å². The largest absolute Gasteiger partial charge is 0.489 e. The van der Waals surface area contributed by atoms with Gasteiger partial charge in [-0.1, -0.05) is 58.4 Å². The van der Waals surface area contributed by atoms with Crippen LogP contribution in [0, 0.1) is 0 Å². The van der Waals surface area contributed by atoms with E-state index in [-0.39, 0.29) is 11.5 Å². The first kappa shape index (κ1) is 23.5. The SMILES string of the molecule is O=C(Nc1ccc(OCc2ccccc2)cc1)c1ccc2c(=O)n(Cc3cccc(Br)c3)cnc2c1. The molecule has 36 heavy (non-hydrogen) atoms. The van der Waals surface area contributed by atoms with Gasteiger partial charge >= 0.3 is 0 Å². The van der Waals surface area contributed by atoms with Crippen LogP contribution in [-0.2, 0) is 13.2 Å². The molecule has 1 amide bonds. The van der Waals surface area contributed by atoms with Crippen LogP contribution in [0.1, 0.15) is 21.5 Å². The fourth-order valence-electron chi connectivity index (χ4n) is 3.82. The molecule has 0 spiro atoms. The first-order valence-electron chi connectivity index (χ1n) is 11.4. The normalized spacial score (nSPS) is 10.8. The van der Waals surface area contributed by atoms with Gasteiger partial charge in [0.1, 0.15) is 12.4 Å². The van der Waals surface area contributed by atoms with Gasteiger partial charge in [0.15, 0.2) is 0 Å². The first-order valence-corrected chi connectivity index (χ1v) is 12.2. The van der Waals surface area contributed by atoms with E-state index < -0.39 is 0 Å². The molecule has 0 atom stereocenters. The predicted octanol–water partition coefficient (Wildman–Crippen LogP) is 6.04. The molecule has 1 heterocycles. The van der Waals surface area contributed by atoms with Crippen LogP contribution in [0.2, 0.25) is 0 Å². The number of benzene rings is 4. The van der Waals surface area contributed by atoms with Gasteiger partial charge in [0.05, 0.1) is 23.8 Å². The van der Waals surface area contributed by atoms with Crippen molar-refractivity contribution in [3.63, 3.8) is 0 Å². The Hall–Kier alpha value is -4.23. The fourth-order valence-corrected chi connectivity index (χ4v) is 4.27. The molecule has 0 aliphatic heterocycles. The van der Waals surface area contributed by atoms with Crippen molar-refractivity contribution in [3.8, 4) is 5.75 Å². The standard InChI is InChI=1S/C29H22BrN3O3/c30-23-8-4-7-21(15-23)17-33-19-31-27-16-22(9-14-26(27)29(33)35)28(34)32-24-10-12-25(13-11-24)36-18-20-5-2-1-3-6-20/h1-16,19H,17-18H2,(H,32,34). The Morgan fingerprint density at radius 2 is 1.67 bits per heavy atom. The van der Waals surface area contributed by atoms with E-state index in [1.807, 2.05) is 66.7 Å². The van der Waals surface area contributed by atoms with Crippen molar-refractivity contribution in [2.75, 3.05) is 5.32 Å². The van der Waals surface area contributed by atoms with E-state index in [0.717, 1.165) is 15.6 Å². The van der Waals surface area contributed by atoms with Crippen molar-refractivity contribution in [1.82, 2.24) is 9.55 Å². The maximum absolute atomic E-state index is 13.0. The Labute approximate surface area is 216 Å². The molecule has 178 valence electrons. The van der Waals surface area contributed by atoms with Gasteiger partial charge in [0, 0.05) is 15.7 Å². The summed E-state index contributed by atoms with van der Waals surface area (Å²) in [5.41, 5.74) is 3.45. The van der Waals surface area contributed by atoms with Crippen LogP contribution in [0.25, 0.3) is 10.9 Å². The van der Waals surface area contributed by atoms with E-state index in [1.165, 1.54) is 6.33 Å². The minimum absolute atomic E-state index is 0.155. The minimum atomic E-state index is -0.282. The van der Waals surface area contributed by atoms with Crippen molar-refractivity contribution in [1.29, 1.82) is 0 Å². The summed E-state index contributed by atoms with van der Waals surface area (Å²) >= 11 is 3.45. The number of halogens is 1. The number of fused-ring (bicyclic) bond motifs is 1. The molecular formula is C29H22BrN3O3. The van der Waals surface area contributed by atoms with Gasteiger partial charge in [0.2, 0.25) is 0 Å². The van der Waals surface area contributed by atoms with Crippen LogP contribution in [-0.4, -0.2) is 15.5 Å². The number of carbonyl (C=O) groups excluding carboxylic acids is 1. The van der Waals surface area contributed by atoms with Gasteiger partial charge in [-0.25, -0.2) is 4.98 Å². The molecular weight excluding hydrogens is 518 g/mol. The number of ether oxygens (including phenoxy) is 1. The Kier molecular flexibility index (Phi) is 6.91. The van der Waals surface area contributed by atoms with Crippen molar-refractivity contribution >= 4 is 38.4 Å². The molecule has 0 unspecified atom stereocenters. The lowest BCUT2D eigenvalue weighted by Crippen LogP contribution is -2.21. The van der Waals surface area contributed by atoms with E-state index in [9.17, 15) is 9.59 Å². The van der Waals surface area contributed by atoms with E-state index in [4.69, 9.17) is 4.74 Å². The van der Waals surface area contributed by atoms with Gasteiger partial charge in [-0.2, -0.15) is 0 Å². The average molecular weight is 540 g/mol. The molecule has 1 aromatic heterocycles. The third-order valence-corrected chi connectivity index (χ3v) is 6.18. The van der Waals surface area contributed by atoms with Gasteiger partial charge in [0.25, 0.3) is 11.5 Å². The average Bonchev–Trinajstić information content (AvgIpc) is 2.90. The van der Waals surface area contributed by atoms with Crippen molar-refractivity contribution in [2.24, 2.45) is 0 Å². The highest BCUT2D eigenvalue weighted by Gasteiger charge is 2.11. The number of anilines is 1. The molecule has 5 rings (SSSR count).